The third-order valence-electron chi connectivity index (χ3n) is 4.11. The number of aromatic nitrogens is 3. The van der Waals surface area contributed by atoms with Crippen molar-refractivity contribution in [2.24, 2.45) is 0 Å². The normalized spacial score (nSPS) is 11.7. The Morgan fingerprint density at radius 1 is 1.31 bits per heavy atom. The molecular weight excluding hydrogens is 366 g/mol. The van der Waals surface area contributed by atoms with Crippen LogP contribution < -0.4 is 5.32 Å². The van der Waals surface area contributed by atoms with Crippen molar-refractivity contribution < 1.29 is 4.74 Å². The first kappa shape index (κ1) is 20.7. The smallest absolute Gasteiger partial charge is 0.226 e. The van der Waals surface area contributed by atoms with Crippen LogP contribution in [0.5, 0.6) is 0 Å². The lowest BCUT2D eigenvalue weighted by atomic mass is 10.2. The molecule has 2 aromatic heterocycles. The molecule has 0 atom stereocenters. The highest BCUT2D eigenvalue weighted by Gasteiger charge is 2.17. The molecule has 8 heteroatoms. The zero-order chi connectivity index (χ0) is 19.2. The van der Waals surface area contributed by atoms with Gasteiger partial charge in [0.15, 0.2) is 0 Å². The van der Waals surface area contributed by atoms with E-state index in [4.69, 9.17) is 16.3 Å². The number of fused-ring (bicyclic) bond motifs is 1. The SMILES string of the molecule is CCCCCNc1nc(Cl)nc2c1c(C#N)cn2COCC[Si](C)(C)C. The molecule has 142 valence electrons. The average Bonchev–Trinajstić information content (AvgIpc) is 2.92. The van der Waals surface area contributed by atoms with Crippen LogP contribution in [0.4, 0.5) is 5.82 Å². The summed E-state index contributed by atoms with van der Waals surface area (Å²) in [6, 6.07) is 3.33. The van der Waals surface area contributed by atoms with Crippen LogP contribution in [-0.4, -0.2) is 35.8 Å². The second-order valence-corrected chi connectivity index (χ2v) is 13.6. The van der Waals surface area contributed by atoms with E-state index in [1.54, 1.807) is 6.20 Å². The second kappa shape index (κ2) is 9.35. The predicted molar refractivity (Wildman–Crippen MR) is 109 cm³/mol. The van der Waals surface area contributed by atoms with E-state index in [1.807, 2.05) is 4.57 Å². The third-order valence-corrected chi connectivity index (χ3v) is 5.98. The molecule has 1 N–H and O–H groups in total. The zero-order valence-corrected chi connectivity index (χ0v) is 17.9. The van der Waals surface area contributed by atoms with E-state index in [0.29, 0.717) is 35.8 Å². The van der Waals surface area contributed by atoms with Crippen LogP contribution in [-0.2, 0) is 11.5 Å². The Balaban J connectivity index is 2.21. The van der Waals surface area contributed by atoms with E-state index in [1.165, 1.54) is 0 Å². The van der Waals surface area contributed by atoms with Crippen LogP contribution in [0.25, 0.3) is 11.0 Å². The molecule has 0 radical (unpaired) electrons. The molecule has 0 amide bonds. The molecule has 26 heavy (non-hydrogen) atoms. The maximum Gasteiger partial charge on any atom is 0.226 e. The lowest BCUT2D eigenvalue weighted by molar-refractivity contribution is 0.0898. The standard InChI is InChI=1S/C18H28ClN5OSi/c1-5-6-7-8-21-16-15-14(11-20)12-24(17(15)23-18(19)22-16)13-25-9-10-26(2,3)4/h12H,5-10,13H2,1-4H3,(H,21,22,23). The molecule has 6 nitrogen and oxygen atoms in total. The molecule has 0 fully saturated rings. The number of hydrogen-bond donors (Lipinski definition) is 1. The summed E-state index contributed by atoms with van der Waals surface area (Å²) < 4.78 is 7.66. The summed E-state index contributed by atoms with van der Waals surface area (Å²) in [4.78, 5) is 8.62. The molecule has 0 aliphatic heterocycles. The van der Waals surface area contributed by atoms with Crippen molar-refractivity contribution in [2.45, 2.75) is 58.6 Å². The summed E-state index contributed by atoms with van der Waals surface area (Å²) in [5, 5.41) is 13.7. The van der Waals surface area contributed by atoms with Crippen LogP contribution in [0.15, 0.2) is 6.20 Å². The Morgan fingerprint density at radius 2 is 2.08 bits per heavy atom. The summed E-state index contributed by atoms with van der Waals surface area (Å²) in [5.41, 5.74) is 1.16. The summed E-state index contributed by atoms with van der Waals surface area (Å²) in [5.74, 6) is 0.619. The fourth-order valence-corrected chi connectivity index (χ4v) is 3.52. The van der Waals surface area contributed by atoms with Gasteiger partial charge in [0.1, 0.15) is 24.3 Å². The monoisotopic (exact) mass is 393 g/mol. The van der Waals surface area contributed by atoms with E-state index in [9.17, 15) is 5.26 Å². The Morgan fingerprint density at radius 3 is 2.73 bits per heavy atom. The first-order valence-electron chi connectivity index (χ1n) is 9.14. The Labute approximate surface area is 161 Å². The number of nitrogens with one attached hydrogen (secondary N) is 1. The highest BCUT2D eigenvalue weighted by molar-refractivity contribution is 6.76. The molecule has 0 aliphatic rings. The molecule has 0 aliphatic carbocycles. The first-order chi connectivity index (χ1) is 12.4. The van der Waals surface area contributed by atoms with E-state index >= 15 is 0 Å². The molecule has 0 unspecified atom stereocenters. The predicted octanol–water partition coefficient (Wildman–Crippen LogP) is 4.87. The van der Waals surface area contributed by atoms with Gasteiger partial charge in [0.05, 0.1) is 10.9 Å². The van der Waals surface area contributed by atoms with Gasteiger partial charge in [-0.3, -0.25) is 0 Å². The van der Waals surface area contributed by atoms with Crippen LogP contribution in [0, 0.1) is 11.3 Å². The minimum atomic E-state index is -1.13. The number of nitrogens with zero attached hydrogens (tertiary/aromatic N) is 4. The van der Waals surface area contributed by atoms with Crippen molar-refractivity contribution in [3.8, 4) is 6.07 Å². The number of anilines is 1. The van der Waals surface area contributed by atoms with Crippen molar-refractivity contribution in [3.05, 3.63) is 17.0 Å². The van der Waals surface area contributed by atoms with Gasteiger partial charge in [-0.25, -0.2) is 4.98 Å². The molecule has 2 heterocycles. The number of nitriles is 1. The highest BCUT2D eigenvalue weighted by Crippen LogP contribution is 2.27. The molecule has 0 saturated carbocycles. The number of unbranched alkanes of at least 4 members (excludes halogenated alkanes) is 2. The van der Waals surface area contributed by atoms with Crippen LogP contribution in [0.1, 0.15) is 31.7 Å². The molecule has 2 rings (SSSR count). The van der Waals surface area contributed by atoms with Crippen LogP contribution >= 0.6 is 11.6 Å². The van der Waals surface area contributed by atoms with Gasteiger partial charge in [-0.1, -0.05) is 39.4 Å². The maximum absolute atomic E-state index is 9.52. The van der Waals surface area contributed by atoms with Crippen LogP contribution in [0.3, 0.4) is 0 Å². The third kappa shape index (κ3) is 5.69. The number of rotatable bonds is 10. The summed E-state index contributed by atoms with van der Waals surface area (Å²) >= 11 is 6.12. The largest absolute Gasteiger partial charge is 0.369 e. The topological polar surface area (TPSA) is 75.8 Å². The van der Waals surface area contributed by atoms with Gasteiger partial charge in [0.2, 0.25) is 5.28 Å². The summed E-state index contributed by atoms with van der Waals surface area (Å²) in [7, 11) is -1.13. The molecule has 0 bridgehead atoms. The van der Waals surface area contributed by atoms with E-state index < -0.39 is 8.07 Å². The van der Waals surface area contributed by atoms with Crippen molar-refractivity contribution in [3.63, 3.8) is 0 Å². The number of hydrogen-bond acceptors (Lipinski definition) is 5. The first-order valence-corrected chi connectivity index (χ1v) is 13.2. The molecular formula is C18H28ClN5OSi. The minimum absolute atomic E-state index is 0.168. The van der Waals surface area contributed by atoms with Gasteiger partial charge in [-0.2, -0.15) is 10.2 Å². The molecule has 2 aromatic rings. The van der Waals surface area contributed by atoms with Gasteiger partial charge in [0, 0.05) is 27.4 Å². The maximum atomic E-state index is 9.52. The molecule has 0 aromatic carbocycles. The second-order valence-electron chi connectivity index (χ2n) is 7.65. The Kier molecular flexibility index (Phi) is 7.44. The van der Waals surface area contributed by atoms with Crippen molar-refractivity contribution in [1.82, 2.24) is 14.5 Å². The fraction of sp³-hybridized carbons (Fsp3) is 0.611. The quantitative estimate of drug-likeness (QED) is 0.354. The van der Waals surface area contributed by atoms with Crippen molar-refractivity contribution >= 4 is 36.5 Å². The van der Waals surface area contributed by atoms with Gasteiger partial charge < -0.3 is 14.6 Å². The van der Waals surface area contributed by atoms with Crippen molar-refractivity contribution in [1.29, 1.82) is 5.26 Å². The molecule has 0 spiro atoms. The number of ether oxygens (including phenoxy) is 1. The van der Waals surface area contributed by atoms with Crippen molar-refractivity contribution in [2.75, 3.05) is 18.5 Å². The highest BCUT2D eigenvalue weighted by atomic mass is 35.5. The van der Waals surface area contributed by atoms with E-state index in [0.717, 1.165) is 31.9 Å². The van der Waals surface area contributed by atoms with Crippen LogP contribution in [0.2, 0.25) is 31.0 Å². The Hall–Kier alpha value is -1.62. The van der Waals surface area contributed by atoms with Gasteiger partial charge in [-0.15, -0.1) is 0 Å². The van der Waals surface area contributed by atoms with Gasteiger partial charge in [-0.05, 0) is 24.1 Å². The fourth-order valence-electron chi connectivity index (χ4n) is 2.59. The van der Waals surface area contributed by atoms with E-state index in [-0.39, 0.29) is 5.28 Å². The number of halogens is 1. The zero-order valence-electron chi connectivity index (χ0n) is 16.1. The average molecular weight is 394 g/mol. The molecule has 0 saturated heterocycles. The minimum Gasteiger partial charge on any atom is -0.369 e. The lowest BCUT2D eigenvalue weighted by Gasteiger charge is -2.15. The Bertz CT molecular complexity index is 778. The summed E-state index contributed by atoms with van der Waals surface area (Å²) in [6.45, 7) is 11.0. The summed E-state index contributed by atoms with van der Waals surface area (Å²) in [6.07, 6.45) is 5.10. The van der Waals surface area contributed by atoms with E-state index in [2.05, 4.69) is 47.9 Å². The van der Waals surface area contributed by atoms with Gasteiger partial charge in [0.25, 0.3) is 0 Å². The lowest BCUT2D eigenvalue weighted by Crippen LogP contribution is -2.22. The van der Waals surface area contributed by atoms with Gasteiger partial charge >= 0.3 is 0 Å².